The van der Waals surface area contributed by atoms with Crippen LogP contribution >= 0.6 is 0 Å². The van der Waals surface area contributed by atoms with Crippen molar-refractivity contribution in [2.75, 3.05) is 6.61 Å². The van der Waals surface area contributed by atoms with Gasteiger partial charge in [-0.05, 0) is 43.9 Å². The van der Waals surface area contributed by atoms with E-state index in [1.165, 1.54) is 5.56 Å². The second-order valence-electron chi connectivity index (χ2n) is 4.67. The number of aryl methyl sites for hydroxylation is 1. The van der Waals surface area contributed by atoms with Gasteiger partial charge < -0.3 is 4.74 Å². The van der Waals surface area contributed by atoms with Crippen molar-refractivity contribution in [3.05, 3.63) is 41.7 Å². The van der Waals surface area contributed by atoms with E-state index in [1.54, 1.807) is 0 Å². The van der Waals surface area contributed by atoms with Crippen LogP contribution in [-0.2, 0) is 13.0 Å². The fraction of sp³-hybridized carbons (Fsp3) is 0.467. The summed E-state index contributed by atoms with van der Waals surface area (Å²) < 4.78 is 7.31. The summed E-state index contributed by atoms with van der Waals surface area (Å²) in [5.41, 5.74) is 2.35. The van der Waals surface area contributed by atoms with Crippen LogP contribution in [0.5, 0.6) is 5.75 Å². The van der Waals surface area contributed by atoms with Crippen molar-refractivity contribution in [2.45, 2.75) is 39.7 Å². The first-order valence-corrected chi connectivity index (χ1v) is 6.84. The van der Waals surface area contributed by atoms with Crippen LogP contribution in [0, 0.1) is 0 Å². The molecule has 4 nitrogen and oxygen atoms in total. The second-order valence-corrected chi connectivity index (χ2v) is 4.67. The summed E-state index contributed by atoms with van der Waals surface area (Å²) in [7, 11) is 0. The minimum Gasteiger partial charge on any atom is -0.494 e. The van der Waals surface area contributed by atoms with Crippen molar-refractivity contribution >= 4 is 0 Å². The summed E-state index contributed by atoms with van der Waals surface area (Å²) >= 11 is 0. The molecule has 0 radical (unpaired) electrons. The summed E-state index contributed by atoms with van der Waals surface area (Å²) in [5, 5.41) is 8.25. The lowest BCUT2D eigenvalue weighted by atomic mass is 9.96. The number of benzene rings is 1. The molecule has 1 atom stereocenters. The molecule has 4 heteroatoms. The lowest BCUT2D eigenvalue weighted by Crippen LogP contribution is -1.99. The Labute approximate surface area is 114 Å². The van der Waals surface area contributed by atoms with Gasteiger partial charge in [-0.2, -0.15) is 0 Å². The third kappa shape index (κ3) is 3.56. The minimum absolute atomic E-state index is 0.428. The molecule has 102 valence electrons. The molecule has 0 bridgehead atoms. The van der Waals surface area contributed by atoms with Crippen molar-refractivity contribution in [1.29, 1.82) is 0 Å². The highest BCUT2D eigenvalue weighted by molar-refractivity contribution is 5.29. The highest BCUT2D eigenvalue weighted by Gasteiger charge is 2.09. The number of hydrogen-bond acceptors (Lipinski definition) is 3. The first-order chi connectivity index (χ1) is 9.22. The highest BCUT2D eigenvalue weighted by Crippen LogP contribution is 2.22. The van der Waals surface area contributed by atoms with E-state index >= 15 is 0 Å². The van der Waals surface area contributed by atoms with Gasteiger partial charge >= 0.3 is 0 Å². The quantitative estimate of drug-likeness (QED) is 0.800. The first kappa shape index (κ1) is 13.6. The van der Waals surface area contributed by atoms with Crippen LogP contribution in [0.1, 0.15) is 37.9 Å². The third-order valence-electron chi connectivity index (χ3n) is 3.19. The Balaban J connectivity index is 2.00. The van der Waals surface area contributed by atoms with Crippen molar-refractivity contribution in [3.8, 4) is 5.75 Å². The Morgan fingerprint density at radius 2 is 1.95 bits per heavy atom. The monoisotopic (exact) mass is 259 g/mol. The van der Waals surface area contributed by atoms with Crippen molar-refractivity contribution in [3.63, 3.8) is 0 Å². The van der Waals surface area contributed by atoms with Crippen molar-refractivity contribution in [2.24, 2.45) is 0 Å². The lowest BCUT2D eigenvalue weighted by Gasteiger charge is -2.11. The lowest BCUT2D eigenvalue weighted by molar-refractivity contribution is 0.340. The fourth-order valence-electron chi connectivity index (χ4n) is 2.08. The third-order valence-corrected chi connectivity index (χ3v) is 3.19. The van der Waals surface area contributed by atoms with Crippen LogP contribution < -0.4 is 4.74 Å². The maximum absolute atomic E-state index is 5.45. The number of ether oxygens (including phenoxy) is 1. The highest BCUT2D eigenvalue weighted by atomic mass is 16.5. The van der Waals surface area contributed by atoms with Crippen LogP contribution in [-0.4, -0.2) is 21.6 Å². The molecule has 0 N–H and O–H groups in total. The van der Waals surface area contributed by atoms with Crippen molar-refractivity contribution < 1.29 is 4.74 Å². The largest absolute Gasteiger partial charge is 0.494 e. The van der Waals surface area contributed by atoms with E-state index in [0.717, 1.165) is 24.4 Å². The standard InChI is InChI=1S/C15H21N3O/c1-4-18-11-14(16-17-18)10-12(3)13-6-8-15(9-7-13)19-5-2/h6-9,11-12H,4-5,10H2,1-3H3. The Morgan fingerprint density at radius 3 is 2.53 bits per heavy atom. The summed E-state index contributed by atoms with van der Waals surface area (Å²) in [6, 6.07) is 8.30. The molecule has 0 saturated heterocycles. The molecule has 0 saturated carbocycles. The average Bonchev–Trinajstić information content (AvgIpc) is 2.87. The number of rotatable bonds is 6. The van der Waals surface area contributed by atoms with Gasteiger partial charge in [0.25, 0.3) is 0 Å². The maximum Gasteiger partial charge on any atom is 0.119 e. The van der Waals surface area contributed by atoms with Gasteiger partial charge in [-0.15, -0.1) is 5.10 Å². The summed E-state index contributed by atoms with van der Waals surface area (Å²) in [5.74, 6) is 1.35. The van der Waals surface area contributed by atoms with Gasteiger partial charge in [0.1, 0.15) is 5.75 Å². The Kier molecular flexibility index (Phi) is 4.55. The maximum atomic E-state index is 5.45. The summed E-state index contributed by atoms with van der Waals surface area (Å²) in [6.45, 7) is 7.84. The van der Waals surface area contributed by atoms with Crippen LogP contribution in [0.4, 0.5) is 0 Å². The van der Waals surface area contributed by atoms with Gasteiger partial charge in [-0.3, -0.25) is 4.68 Å². The number of nitrogens with zero attached hydrogens (tertiary/aromatic N) is 3. The summed E-state index contributed by atoms with van der Waals surface area (Å²) in [4.78, 5) is 0. The van der Waals surface area contributed by atoms with Gasteiger partial charge in [0.15, 0.2) is 0 Å². The first-order valence-electron chi connectivity index (χ1n) is 6.84. The van der Waals surface area contributed by atoms with E-state index in [4.69, 9.17) is 4.74 Å². The zero-order valence-corrected chi connectivity index (χ0v) is 11.8. The van der Waals surface area contributed by atoms with Gasteiger partial charge in [-0.1, -0.05) is 24.3 Å². The molecule has 0 aliphatic rings. The van der Waals surface area contributed by atoms with E-state index in [0.29, 0.717) is 12.5 Å². The molecule has 0 amide bonds. The Morgan fingerprint density at radius 1 is 1.21 bits per heavy atom. The molecular weight excluding hydrogens is 238 g/mol. The second kappa shape index (κ2) is 6.36. The van der Waals surface area contributed by atoms with Crippen LogP contribution in [0.3, 0.4) is 0 Å². The average molecular weight is 259 g/mol. The van der Waals surface area contributed by atoms with E-state index in [-0.39, 0.29) is 0 Å². The van der Waals surface area contributed by atoms with E-state index < -0.39 is 0 Å². The smallest absolute Gasteiger partial charge is 0.119 e. The van der Waals surface area contributed by atoms with Crippen LogP contribution in [0.2, 0.25) is 0 Å². The molecule has 2 rings (SSSR count). The van der Waals surface area contributed by atoms with Gasteiger partial charge in [0.2, 0.25) is 0 Å². The fourth-order valence-corrected chi connectivity index (χ4v) is 2.08. The molecule has 0 spiro atoms. The van der Waals surface area contributed by atoms with Gasteiger partial charge in [0, 0.05) is 12.7 Å². The van der Waals surface area contributed by atoms with E-state index in [9.17, 15) is 0 Å². The van der Waals surface area contributed by atoms with E-state index in [1.807, 2.05) is 29.9 Å². The normalized spacial score (nSPS) is 12.4. The number of aromatic nitrogens is 3. The van der Waals surface area contributed by atoms with Gasteiger partial charge in [-0.25, -0.2) is 0 Å². The Bertz CT molecular complexity index is 504. The Hall–Kier alpha value is -1.84. The molecule has 1 aromatic carbocycles. The number of hydrogen-bond donors (Lipinski definition) is 0. The van der Waals surface area contributed by atoms with Crippen LogP contribution in [0.15, 0.2) is 30.5 Å². The molecule has 1 aromatic heterocycles. The predicted molar refractivity (Wildman–Crippen MR) is 75.4 cm³/mol. The molecule has 19 heavy (non-hydrogen) atoms. The molecule has 0 aliphatic heterocycles. The summed E-state index contributed by atoms with van der Waals surface area (Å²) in [6.07, 6.45) is 2.93. The van der Waals surface area contributed by atoms with E-state index in [2.05, 4.69) is 36.3 Å². The molecule has 2 aromatic rings. The molecule has 0 fully saturated rings. The van der Waals surface area contributed by atoms with Crippen LogP contribution in [0.25, 0.3) is 0 Å². The molecule has 1 heterocycles. The molecule has 0 aliphatic carbocycles. The molecule has 1 unspecified atom stereocenters. The zero-order valence-electron chi connectivity index (χ0n) is 11.8. The SMILES string of the molecule is CCOc1ccc(C(C)Cc2cn(CC)nn2)cc1. The van der Waals surface area contributed by atoms with Gasteiger partial charge in [0.05, 0.1) is 12.3 Å². The zero-order chi connectivity index (χ0) is 13.7. The minimum atomic E-state index is 0.428. The molecular formula is C15H21N3O. The van der Waals surface area contributed by atoms with Crippen molar-refractivity contribution in [1.82, 2.24) is 15.0 Å². The topological polar surface area (TPSA) is 39.9 Å². The predicted octanol–water partition coefficient (Wildman–Crippen LogP) is 3.04.